The molecule has 112 valence electrons. The molecule has 0 radical (unpaired) electrons. The first-order chi connectivity index (χ1) is 9.21. The Morgan fingerprint density at radius 2 is 2.05 bits per heavy atom. The minimum atomic E-state index is -3.97. The number of benzene rings is 1. The van der Waals surface area contributed by atoms with Crippen molar-refractivity contribution in [3.63, 3.8) is 0 Å². The van der Waals surface area contributed by atoms with E-state index in [-0.39, 0.29) is 22.4 Å². The number of hydrogen-bond donors (Lipinski definition) is 2. The number of halogens is 3. The largest absolute Gasteiger partial charge is 0.329 e. The summed E-state index contributed by atoms with van der Waals surface area (Å²) in [6.45, 7) is 1.90. The summed E-state index contributed by atoms with van der Waals surface area (Å²) >= 11 is 11.3. The van der Waals surface area contributed by atoms with E-state index in [2.05, 4.69) is 4.72 Å². The van der Waals surface area contributed by atoms with Gasteiger partial charge in [-0.1, -0.05) is 23.2 Å². The fourth-order valence-electron chi connectivity index (χ4n) is 2.09. The zero-order chi connectivity index (χ0) is 15.1. The number of nitrogens with two attached hydrogens (primary N) is 1. The summed E-state index contributed by atoms with van der Waals surface area (Å²) in [5.74, 6) is -0.754. The molecule has 0 aromatic heterocycles. The Hall–Kier alpha value is -0.400. The Morgan fingerprint density at radius 3 is 2.55 bits per heavy atom. The second kappa shape index (κ2) is 5.42. The second-order valence-corrected chi connectivity index (χ2v) is 7.61. The van der Waals surface area contributed by atoms with E-state index in [0.717, 1.165) is 18.9 Å². The molecule has 0 spiro atoms. The number of sulfonamides is 1. The summed E-state index contributed by atoms with van der Waals surface area (Å²) in [6.07, 6.45) is 1.83. The highest BCUT2D eigenvalue weighted by atomic mass is 35.5. The van der Waals surface area contributed by atoms with Crippen LogP contribution in [0.15, 0.2) is 17.0 Å². The van der Waals surface area contributed by atoms with Crippen molar-refractivity contribution in [3.05, 3.63) is 28.0 Å². The monoisotopic (exact) mass is 340 g/mol. The zero-order valence-corrected chi connectivity index (χ0v) is 13.1. The van der Waals surface area contributed by atoms with Crippen molar-refractivity contribution in [1.82, 2.24) is 4.72 Å². The van der Waals surface area contributed by atoms with Crippen LogP contribution in [0.1, 0.15) is 19.8 Å². The summed E-state index contributed by atoms with van der Waals surface area (Å²) in [7, 11) is -3.97. The Morgan fingerprint density at radius 1 is 1.45 bits per heavy atom. The van der Waals surface area contributed by atoms with Crippen LogP contribution in [0.5, 0.6) is 0 Å². The first-order valence-corrected chi connectivity index (χ1v) is 8.33. The van der Waals surface area contributed by atoms with Gasteiger partial charge in [0.15, 0.2) is 5.82 Å². The van der Waals surface area contributed by atoms with Crippen molar-refractivity contribution < 1.29 is 12.8 Å². The first-order valence-electron chi connectivity index (χ1n) is 6.09. The van der Waals surface area contributed by atoms with E-state index in [0.29, 0.717) is 0 Å². The van der Waals surface area contributed by atoms with Crippen LogP contribution in [0.3, 0.4) is 0 Å². The van der Waals surface area contributed by atoms with Gasteiger partial charge >= 0.3 is 0 Å². The molecule has 1 atom stereocenters. The third-order valence-electron chi connectivity index (χ3n) is 3.56. The van der Waals surface area contributed by atoms with E-state index in [4.69, 9.17) is 28.9 Å². The molecule has 0 amide bonds. The van der Waals surface area contributed by atoms with Gasteiger partial charge in [0.2, 0.25) is 10.0 Å². The maximum Gasteiger partial charge on any atom is 0.242 e. The summed E-state index contributed by atoms with van der Waals surface area (Å²) in [4.78, 5) is -0.332. The van der Waals surface area contributed by atoms with Crippen LogP contribution in [0.4, 0.5) is 4.39 Å². The lowest BCUT2D eigenvalue weighted by Gasteiger charge is -2.29. The van der Waals surface area contributed by atoms with Gasteiger partial charge in [-0.25, -0.2) is 17.5 Å². The van der Waals surface area contributed by atoms with Crippen LogP contribution in [0.25, 0.3) is 0 Å². The van der Waals surface area contributed by atoms with Crippen LogP contribution >= 0.6 is 23.2 Å². The number of hydrogen-bond acceptors (Lipinski definition) is 3. The minimum absolute atomic E-state index is 0.157. The maximum atomic E-state index is 13.6. The molecule has 0 aliphatic heterocycles. The van der Waals surface area contributed by atoms with Gasteiger partial charge in [-0.3, -0.25) is 0 Å². The highest BCUT2D eigenvalue weighted by Crippen LogP contribution is 2.40. The number of nitrogens with one attached hydrogen (secondary N) is 1. The maximum absolute atomic E-state index is 13.6. The zero-order valence-electron chi connectivity index (χ0n) is 10.8. The van der Waals surface area contributed by atoms with Crippen molar-refractivity contribution in [1.29, 1.82) is 0 Å². The molecule has 1 aromatic carbocycles. The van der Waals surface area contributed by atoms with Crippen molar-refractivity contribution in [2.75, 3.05) is 6.54 Å². The molecule has 1 aliphatic carbocycles. The molecular formula is C12H15Cl2FN2O2S. The van der Waals surface area contributed by atoms with Gasteiger partial charge in [-0.05, 0) is 37.8 Å². The molecular weight excluding hydrogens is 326 g/mol. The lowest BCUT2D eigenvalue weighted by Crippen LogP contribution is -2.53. The molecule has 8 heteroatoms. The molecule has 0 saturated heterocycles. The van der Waals surface area contributed by atoms with Gasteiger partial charge in [0.05, 0.1) is 10.0 Å². The van der Waals surface area contributed by atoms with Crippen LogP contribution in [-0.2, 0) is 10.0 Å². The lowest BCUT2D eigenvalue weighted by molar-refractivity contribution is 0.374. The normalized spacial score (nSPS) is 18.9. The standard InChI is InChI=1S/C12H15Cl2FN2O2S/c1-12(6-16,7-2-3-7)17-20(18,19)9-5-4-8(13)11(15)10(9)14/h4-5,7,17H,2-3,6,16H2,1H3. The Labute approximate surface area is 127 Å². The predicted octanol–water partition coefficient (Wildman–Crippen LogP) is 2.54. The minimum Gasteiger partial charge on any atom is -0.329 e. The number of rotatable bonds is 5. The van der Waals surface area contributed by atoms with Crippen molar-refractivity contribution in [2.24, 2.45) is 11.7 Å². The summed E-state index contributed by atoms with van der Waals surface area (Å²) < 4.78 is 40.9. The third-order valence-corrected chi connectivity index (χ3v) is 5.99. The topological polar surface area (TPSA) is 72.2 Å². The molecule has 1 fully saturated rings. The molecule has 0 bridgehead atoms. The molecule has 2 rings (SSSR count). The van der Waals surface area contributed by atoms with Gasteiger partial charge in [0, 0.05) is 12.1 Å². The molecule has 1 aliphatic rings. The van der Waals surface area contributed by atoms with Crippen LogP contribution in [-0.4, -0.2) is 20.5 Å². The highest BCUT2D eigenvalue weighted by molar-refractivity contribution is 7.89. The third kappa shape index (κ3) is 2.94. The Bertz CT molecular complexity index is 635. The second-order valence-electron chi connectivity index (χ2n) is 5.17. The SMILES string of the molecule is CC(CN)(NS(=O)(=O)c1ccc(Cl)c(F)c1Cl)C1CC1. The molecule has 3 N–H and O–H groups in total. The van der Waals surface area contributed by atoms with Gasteiger partial charge < -0.3 is 5.73 Å². The van der Waals surface area contributed by atoms with E-state index in [1.807, 2.05) is 0 Å². The van der Waals surface area contributed by atoms with Crippen LogP contribution < -0.4 is 10.5 Å². The van der Waals surface area contributed by atoms with Crippen molar-refractivity contribution >= 4 is 33.2 Å². The molecule has 0 heterocycles. The van der Waals surface area contributed by atoms with Crippen LogP contribution in [0, 0.1) is 11.7 Å². The molecule has 1 unspecified atom stereocenters. The summed E-state index contributed by atoms with van der Waals surface area (Å²) in [6, 6.07) is 2.34. The van der Waals surface area contributed by atoms with Crippen LogP contribution in [0.2, 0.25) is 10.0 Å². The fourth-order valence-corrected chi connectivity index (χ4v) is 4.31. The van der Waals surface area contributed by atoms with E-state index >= 15 is 0 Å². The lowest BCUT2D eigenvalue weighted by atomic mass is 9.98. The average Bonchev–Trinajstić information content (AvgIpc) is 3.19. The van der Waals surface area contributed by atoms with Crippen molar-refractivity contribution in [3.8, 4) is 0 Å². The summed E-state index contributed by atoms with van der Waals surface area (Å²) in [5.41, 5.74) is 4.92. The highest BCUT2D eigenvalue weighted by Gasteiger charge is 2.43. The van der Waals surface area contributed by atoms with Gasteiger partial charge in [-0.15, -0.1) is 0 Å². The smallest absolute Gasteiger partial charge is 0.242 e. The Kier molecular flexibility index (Phi) is 4.33. The molecule has 1 saturated carbocycles. The van der Waals surface area contributed by atoms with Gasteiger partial charge in [0.25, 0.3) is 0 Å². The van der Waals surface area contributed by atoms with Gasteiger partial charge in [0.1, 0.15) is 4.90 Å². The predicted molar refractivity (Wildman–Crippen MR) is 76.9 cm³/mol. The van der Waals surface area contributed by atoms with E-state index in [1.165, 1.54) is 6.07 Å². The first kappa shape index (κ1) is 16.0. The van der Waals surface area contributed by atoms with Gasteiger partial charge in [-0.2, -0.15) is 0 Å². The quantitative estimate of drug-likeness (QED) is 0.809. The van der Waals surface area contributed by atoms with Crippen molar-refractivity contribution in [2.45, 2.75) is 30.2 Å². The molecule has 4 nitrogen and oxygen atoms in total. The molecule has 20 heavy (non-hydrogen) atoms. The summed E-state index contributed by atoms with van der Waals surface area (Å²) in [5, 5.41) is -0.738. The Balaban J connectivity index is 2.38. The molecule has 1 aromatic rings. The van der Waals surface area contributed by atoms with E-state index in [9.17, 15) is 12.8 Å². The van der Waals surface area contributed by atoms with E-state index in [1.54, 1.807) is 6.92 Å². The average molecular weight is 341 g/mol. The van der Waals surface area contributed by atoms with E-state index < -0.39 is 26.4 Å². The fraction of sp³-hybridized carbons (Fsp3) is 0.500.